The van der Waals surface area contributed by atoms with E-state index >= 15 is 0 Å². The van der Waals surface area contributed by atoms with Gasteiger partial charge in [-0.05, 0) is 53.1 Å². The first-order chi connectivity index (χ1) is 7.58. The Bertz CT molecular complexity index is 354. The molecular weight excluding hydrogens is 198 g/mol. The fourth-order valence-electron chi connectivity index (χ4n) is 2.79. The molecule has 1 fully saturated rings. The van der Waals surface area contributed by atoms with E-state index in [9.17, 15) is 0 Å². The van der Waals surface area contributed by atoms with Gasteiger partial charge in [-0.1, -0.05) is 0 Å². The number of aromatic nitrogens is 2. The lowest BCUT2D eigenvalue weighted by Gasteiger charge is -2.28. The Labute approximate surface area is 98.4 Å². The molecule has 0 N–H and O–H groups in total. The summed E-state index contributed by atoms with van der Waals surface area (Å²) in [5, 5.41) is 4.56. The van der Waals surface area contributed by atoms with Gasteiger partial charge in [0.15, 0.2) is 0 Å². The van der Waals surface area contributed by atoms with Crippen LogP contribution in [0.1, 0.15) is 38.1 Å². The maximum atomic E-state index is 4.56. The summed E-state index contributed by atoms with van der Waals surface area (Å²) in [6.45, 7) is 11.1. The monoisotopic (exact) mass is 221 g/mol. The molecule has 1 saturated heterocycles. The van der Waals surface area contributed by atoms with Gasteiger partial charge in [0.1, 0.15) is 0 Å². The first-order valence-electron chi connectivity index (χ1n) is 6.34. The Morgan fingerprint density at radius 3 is 2.75 bits per heavy atom. The van der Waals surface area contributed by atoms with Crippen LogP contribution in [-0.4, -0.2) is 33.3 Å². The van der Waals surface area contributed by atoms with Crippen LogP contribution in [0.4, 0.5) is 0 Å². The molecule has 0 amide bonds. The van der Waals surface area contributed by atoms with Crippen molar-refractivity contribution in [2.24, 2.45) is 0 Å². The molecule has 90 valence electrons. The molecule has 0 spiro atoms. The van der Waals surface area contributed by atoms with Crippen molar-refractivity contribution in [3.05, 3.63) is 17.5 Å². The summed E-state index contributed by atoms with van der Waals surface area (Å²) >= 11 is 0. The minimum Gasteiger partial charge on any atom is -0.296 e. The summed E-state index contributed by atoms with van der Waals surface area (Å²) in [7, 11) is 0. The maximum absolute atomic E-state index is 4.56. The minimum absolute atomic E-state index is 0.657. The highest BCUT2D eigenvalue weighted by Crippen LogP contribution is 2.21. The lowest BCUT2D eigenvalue weighted by Crippen LogP contribution is -2.38. The second-order valence-corrected chi connectivity index (χ2v) is 5.24. The van der Waals surface area contributed by atoms with Gasteiger partial charge < -0.3 is 0 Å². The van der Waals surface area contributed by atoms with Gasteiger partial charge in [-0.3, -0.25) is 9.58 Å². The van der Waals surface area contributed by atoms with Crippen molar-refractivity contribution in [1.29, 1.82) is 0 Å². The third kappa shape index (κ3) is 2.29. The predicted molar refractivity (Wildman–Crippen MR) is 66.6 cm³/mol. The van der Waals surface area contributed by atoms with Gasteiger partial charge in [0.25, 0.3) is 0 Å². The van der Waals surface area contributed by atoms with Crippen LogP contribution in [0.5, 0.6) is 0 Å². The lowest BCUT2D eigenvalue weighted by atomic mass is 10.2. The summed E-state index contributed by atoms with van der Waals surface area (Å²) in [5.41, 5.74) is 2.42. The quantitative estimate of drug-likeness (QED) is 0.781. The average Bonchev–Trinajstić information content (AvgIpc) is 2.75. The first-order valence-corrected chi connectivity index (χ1v) is 6.34. The maximum Gasteiger partial charge on any atom is 0.0596 e. The average molecular weight is 221 g/mol. The zero-order valence-electron chi connectivity index (χ0n) is 10.9. The van der Waals surface area contributed by atoms with Crippen LogP contribution in [0.3, 0.4) is 0 Å². The van der Waals surface area contributed by atoms with E-state index in [4.69, 9.17) is 0 Å². The normalized spacial score (nSPS) is 22.2. The zero-order chi connectivity index (χ0) is 11.7. The van der Waals surface area contributed by atoms with Gasteiger partial charge >= 0.3 is 0 Å². The van der Waals surface area contributed by atoms with Crippen molar-refractivity contribution in [3.63, 3.8) is 0 Å². The van der Waals surface area contributed by atoms with Gasteiger partial charge in [-0.2, -0.15) is 5.10 Å². The van der Waals surface area contributed by atoms with Crippen LogP contribution >= 0.6 is 0 Å². The summed E-state index contributed by atoms with van der Waals surface area (Å²) in [5.74, 6) is 0. The van der Waals surface area contributed by atoms with E-state index in [0.29, 0.717) is 12.1 Å². The Kier molecular flexibility index (Phi) is 3.33. The molecular formula is C13H23N3. The van der Waals surface area contributed by atoms with E-state index in [2.05, 4.69) is 48.4 Å². The molecule has 0 aliphatic carbocycles. The molecule has 1 aromatic heterocycles. The van der Waals surface area contributed by atoms with Crippen molar-refractivity contribution in [2.45, 2.75) is 59.2 Å². The fourth-order valence-corrected chi connectivity index (χ4v) is 2.79. The second-order valence-electron chi connectivity index (χ2n) is 5.24. The molecule has 2 rings (SSSR count). The standard InChI is InChI=1S/C13H23N3/c1-10(2)15-7-5-6-13(15)9-16-12(4)8-11(3)14-16/h8,10,13H,5-7,9H2,1-4H3. The van der Waals surface area contributed by atoms with Crippen LogP contribution in [0.25, 0.3) is 0 Å². The molecule has 1 aromatic rings. The molecule has 0 bridgehead atoms. The lowest BCUT2D eigenvalue weighted by molar-refractivity contribution is 0.182. The van der Waals surface area contributed by atoms with Crippen LogP contribution in [0.15, 0.2) is 6.07 Å². The van der Waals surface area contributed by atoms with Crippen LogP contribution < -0.4 is 0 Å². The number of nitrogens with zero attached hydrogens (tertiary/aromatic N) is 3. The first kappa shape index (κ1) is 11.6. The molecule has 1 aliphatic heterocycles. The van der Waals surface area contributed by atoms with Crippen molar-refractivity contribution >= 4 is 0 Å². The van der Waals surface area contributed by atoms with Crippen LogP contribution in [0.2, 0.25) is 0 Å². The Balaban J connectivity index is 2.06. The molecule has 0 radical (unpaired) electrons. The van der Waals surface area contributed by atoms with Crippen LogP contribution in [-0.2, 0) is 6.54 Å². The zero-order valence-corrected chi connectivity index (χ0v) is 10.9. The van der Waals surface area contributed by atoms with Gasteiger partial charge in [-0.25, -0.2) is 0 Å². The second kappa shape index (κ2) is 4.58. The predicted octanol–water partition coefficient (Wildman–Crippen LogP) is 2.37. The molecule has 1 unspecified atom stereocenters. The topological polar surface area (TPSA) is 21.1 Å². The Morgan fingerprint density at radius 2 is 2.19 bits per heavy atom. The number of hydrogen-bond donors (Lipinski definition) is 0. The van der Waals surface area contributed by atoms with Crippen molar-refractivity contribution < 1.29 is 0 Å². The molecule has 3 heteroatoms. The Hall–Kier alpha value is -0.830. The molecule has 0 saturated carbocycles. The van der Waals surface area contributed by atoms with E-state index < -0.39 is 0 Å². The SMILES string of the molecule is Cc1cc(C)n(CC2CCCN2C(C)C)n1. The van der Waals surface area contributed by atoms with Gasteiger partial charge in [-0.15, -0.1) is 0 Å². The highest BCUT2D eigenvalue weighted by atomic mass is 15.3. The highest BCUT2D eigenvalue weighted by Gasteiger charge is 2.27. The molecule has 1 atom stereocenters. The molecule has 3 nitrogen and oxygen atoms in total. The van der Waals surface area contributed by atoms with E-state index in [-0.39, 0.29) is 0 Å². The summed E-state index contributed by atoms with van der Waals surface area (Å²) < 4.78 is 2.17. The fraction of sp³-hybridized carbons (Fsp3) is 0.769. The van der Waals surface area contributed by atoms with Crippen LogP contribution in [0, 0.1) is 13.8 Å². The number of aryl methyl sites for hydroxylation is 2. The van der Waals surface area contributed by atoms with Crippen molar-refractivity contribution in [2.75, 3.05) is 6.54 Å². The van der Waals surface area contributed by atoms with E-state index in [1.807, 2.05) is 0 Å². The summed E-state index contributed by atoms with van der Waals surface area (Å²) in [4.78, 5) is 2.61. The van der Waals surface area contributed by atoms with E-state index in [0.717, 1.165) is 12.2 Å². The third-order valence-corrected chi connectivity index (χ3v) is 3.57. The van der Waals surface area contributed by atoms with Crippen molar-refractivity contribution in [1.82, 2.24) is 14.7 Å². The number of hydrogen-bond acceptors (Lipinski definition) is 2. The summed E-state index contributed by atoms with van der Waals surface area (Å²) in [6, 6.07) is 3.50. The number of likely N-dealkylation sites (tertiary alicyclic amines) is 1. The molecule has 0 aromatic carbocycles. The smallest absolute Gasteiger partial charge is 0.0596 e. The third-order valence-electron chi connectivity index (χ3n) is 3.57. The van der Waals surface area contributed by atoms with Gasteiger partial charge in [0.05, 0.1) is 12.2 Å². The van der Waals surface area contributed by atoms with E-state index in [1.54, 1.807) is 0 Å². The minimum atomic E-state index is 0.657. The molecule has 2 heterocycles. The summed E-state index contributed by atoms with van der Waals surface area (Å²) in [6.07, 6.45) is 2.65. The van der Waals surface area contributed by atoms with Gasteiger partial charge in [0, 0.05) is 17.8 Å². The Morgan fingerprint density at radius 1 is 1.44 bits per heavy atom. The molecule has 16 heavy (non-hydrogen) atoms. The molecule has 1 aliphatic rings. The largest absolute Gasteiger partial charge is 0.296 e. The van der Waals surface area contributed by atoms with E-state index in [1.165, 1.54) is 25.1 Å². The van der Waals surface area contributed by atoms with Gasteiger partial charge in [0.2, 0.25) is 0 Å². The number of rotatable bonds is 3. The highest BCUT2D eigenvalue weighted by molar-refractivity contribution is 5.07. The van der Waals surface area contributed by atoms with Crippen molar-refractivity contribution in [3.8, 4) is 0 Å².